The minimum Gasteiger partial charge on any atom is -0.478 e. The molecule has 4 nitrogen and oxygen atoms in total. The molecule has 0 aromatic heterocycles. The third-order valence-corrected chi connectivity index (χ3v) is 1.63. The number of carbonyl (C=O) groups is 2. The Morgan fingerprint density at radius 3 is 2.08 bits per heavy atom. The molecule has 0 fully saturated rings. The number of allylic oxidation sites excluding steroid dienone is 4. The van der Waals surface area contributed by atoms with Gasteiger partial charge in [0, 0.05) is 12.0 Å². The summed E-state index contributed by atoms with van der Waals surface area (Å²) in [7, 11) is 0. The fourth-order valence-electron chi connectivity index (χ4n) is 1.07. The van der Waals surface area contributed by atoms with Gasteiger partial charge in [-0.2, -0.15) is 0 Å². The second-order valence-corrected chi connectivity index (χ2v) is 2.54. The molecule has 0 saturated carbocycles. The van der Waals surface area contributed by atoms with E-state index in [0.717, 1.165) is 0 Å². The Morgan fingerprint density at radius 2 is 1.69 bits per heavy atom. The maximum absolute atomic E-state index is 10.6. The summed E-state index contributed by atoms with van der Waals surface area (Å²) in [4.78, 5) is 20.9. The van der Waals surface area contributed by atoms with Crippen molar-refractivity contribution in [1.29, 1.82) is 0 Å². The quantitative estimate of drug-likeness (QED) is 0.630. The summed E-state index contributed by atoms with van der Waals surface area (Å²) in [6, 6.07) is 0. The maximum Gasteiger partial charge on any atom is 0.332 e. The fourth-order valence-corrected chi connectivity index (χ4v) is 1.07. The van der Waals surface area contributed by atoms with E-state index in [0.29, 0.717) is 6.08 Å². The summed E-state index contributed by atoms with van der Waals surface area (Å²) >= 11 is 0. The van der Waals surface area contributed by atoms with E-state index in [-0.39, 0.29) is 5.57 Å². The van der Waals surface area contributed by atoms with E-state index < -0.39 is 17.9 Å². The number of aliphatic carboxylic acids is 2. The Bertz CT molecular complexity index is 311. The first-order valence-corrected chi connectivity index (χ1v) is 3.64. The van der Waals surface area contributed by atoms with Crippen molar-refractivity contribution in [2.24, 2.45) is 5.92 Å². The zero-order chi connectivity index (χ0) is 9.84. The lowest BCUT2D eigenvalue weighted by molar-refractivity contribution is -0.135. The van der Waals surface area contributed by atoms with E-state index in [1.54, 1.807) is 24.3 Å². The van der Waals surface area contributed by atoms with Crippen LogP contribution in [0.15, 0.2) is 36.0 Å². The van der Waals surface area contributed by atoms with E-state index in [4.69, 9.17) is 10.2 Å². The molecule has 0 radical (unpaired) electrons. The van der Waals surface area contributed by atoms with Crippen LogP contribution in [-0.4, -0.2) is 22.2 Å². The van der Waals surface area contributed by atoms with Gasteiger partial charge < -0.3 is 10.2 Å². The summed E-state index contributed by atoms with van der Waals surface area (Å²) in [5.41, 5.74) is -0.127. The largest absolute Gasteiger partial charge is 0.478 e. The molecule has 4 heteroatoms. The van der Waals surface area contributed by atoms with Crippen LogP contribution >= 0.6 is 0 Å². The van der Waals surface area contributed by atoms with Crippen molar-refractivity contribution >= 4 is 11.9 Å². The monoisotopic (exact) mass is 180 g/mol. The molecule has 0 spiro atoms. The van der Waals surface area contributed by atoms with E-state index in [1.807, 2.05) is 0 Å². The predicted molar refractivity (Wildman–Crippen MR) is 45.1 cm³/mol. The molecule has 68 valence electrons. The van der Waals surface area contributed by atoms with E-state index in [9.17, 15) is 9.59 Å². The average molecular weight is 180 g/mol. The smallest absolute Gasteiger partial charge is 0.332 e. The Hall–Kier alpha value is -1.84. The van der Waals surface area contributed by atoms with Crippen LogP contribution in [0.25, 0.3) is 0 Å². The molecule has 0 saturated heterocycles. The van der Waals surface area contributed by atoms with Crippen LogP contribution < -0.4 is 0 Å². The van der Waals surface area contributed by atoms with Gasteiger partial charge in [0.2, 0.25) is 0 Å². The summed E-state index contributed by atoms with van der Waals surface area (Å²) in [6.45, 7) is 0. The van der Waals surface area contributed by atoms with E-state index in [2.05, 4.69) is 0 Å². The van der Waals surface area contributed by atoms with Gasteiger partial charge in [-0.25, -0.2) is 9.59 Å². The molecule has 0 aromatic rings. The Kier molecular flexibility index (Phi) is 2.64. The molecule has 2 N–H and O–H groups in total. The minimum atomic E-state index is -1.24. The average Bonchev–Trinajstić information content (AvgIpc) is 2.50. The van der Waals surface area contributed by atoms with Gasteiger partial charge in [-0.3, -0.25) is 0 Å². The van der Waals surface area contributed by atoms with Crippen molar-refractivity contribution in [3.05, 3.63) is 36.0 Å². The lowest BCUT2D eigenvalue weighted by Gasteiger charge is -2.04. The SMILES string of the molecule is O=C(O)/C=C(/C(=O)O)C1C=CC=C1. The van der Waals surface area contributed by atoms with Gasteiger partial charge >= 0.3 is 11.9 Å². The standard InChI is InChI=1S/C9H8O4/c10-8(11)5-7(9(12)13)6-3-1-2-4-6/h1-6H,(H,10,11)(H,12,13)/b7-5+. The molecule has 0 aliphatic heterocycles. The zero-order valence-corrected chi connectivity index (χ0v) is 6.68. The zero-order valence-electron chi connectivity index (χ0n) is 6.68. The molecule has 1 rings (SSSR count). The summed E-state index contributed by atoms with van der Waals surface area (Å²) in [5.74, 6) is -2.87. The second kappa shape index (κ2) is 3.71. The third-order valence-electron chi connectivity index (χ3n) is 1.63. The third kappa shape index (κ3) is 2.30. The van der Waals surface area contributed by atoms with Gasteiger partial charge in [0.15, 0.2) is 0 Å². The highest BCUT2D eigenvalue weighted by Crippen LogP contribution is 2.18. The molecular formula is C9H8O4. The molecule has 1 aliphatic carbocycles. The van der Waals surface area contributed by atoms with Crippen LogP contribution in [0.1, 0.15) is 0 Å². The van der Waals surface area contributed by atoms with Crippen LogP contribution in [0.3, 0.4) is 0 Å². The Balaban J connectivity index is 2.92. The van der Waals surface area contributed by atoms with Crippen molar-refractivity contribution in [2.75, 3.05) is 0 Å². The van der Waals surface area contributed by atoms with Crippen molar-refractivity contribution in [1.82, 2.24) is 0 Å². The first-order chi connectivity index (χ1) is 6.11. The molecule has 0 unspecified atom stereocenters. The summed E-state index contributed by atoms with van der Waals surface area (Å²) < 4.78 is 0. The minimum absolute atomic E-state index is 0.127. The van der Waals surface area contributed by atoms with Gasteiger partial charge in [0.1, 0.15) is 0 Å². The molecule has 0 amide bonds. The predicted octanol–water partition coefficient (Wildman–Crippen LogP) is 0.824. The van der Waals surface area contributed by atoms with E-state index in [1.165, 1.54) is 0 Å². The van der Waals surface area contributed by atoms with Crippen LogP contribution in [0.5, 0.6) is 0 Å². The van der Waals surface area contributed by atoms with Crippen molar-refractivity contribution < 1.29 is 19.8 Å². The lowest BCUT2D eigenvalue weighted by Crippen LogP contribution is -2.10. The van der Waals surface area contributed by atoms with Gasteiger partial charge in [-0.15, -0.1) is 0 Å². The number of carboxylic acid groups (broad SMARTS) is 2. The fraction of sp³-hybridized carbons (Fsp3) is 0.111. The molecule has 1 aliphatic rings. The number of carboxylic acids is 2. The van der Waals surface area contributed by atoms with Gasteiger partial charge in [-0.1, -0.05) is 24.3 Å². The molecule has 0 aromatic carbocycles. The van der Waals surface area contributed by atoms with Crippen molar-refractivity contribution in [3.63, 3.8) is 0 Å². The molecule has 0 heterocycles. The van der Waals surface area contributed by atoms with Crippen LogP contribution in [-0.2, 0) is 9.59 Å². The van der Waals surface area contributed by atoms with Crippen LogP contribution in [0.4, 0.5) is 0 Å². The first kappa shape index (κ1) is 9.25. The molecule has 0 atom stereocenters. The highest BCUT2D eigenvalue weighted by atomic mass is 16.4. The Labute approximate surface area is 74.5 Å². The lowest BCUT2D eigenvalue weighted by atomic mass is 10.0. The van der Waals surface area contributed by atoms with Gasteiger partial charge in [0.05, 0.1) is 5.57 Å². The molecular weight excluding hydrogens is 172 g/mol. The molecule has 13 heavy (non-hydrogen) atoms. The second-order valence-electron chi connectivity index (χ2n) is 2.54. The van der Waals surface area contributed by atoms with Crippen molar-refractivity contribution in [2.45, 2.75) is 0 Å². The normalized spacial score (nSPS) is 16.5. The number of rotatable bonds is 3. The van der Waals surface area contributed by atoms with E-state index >= 15 is 0 Å². The highest BCUT2D eigenvalue weighted by Gasteiger charge is 2.18. The summed E-state index contributed by atoms with van der Waals surface area (Å²) in [5, 5.41) is 17.1. The Morgan fingerprint density at radius 1 is 1.15 bits per heavy atom. The molecule has 0 bridgehead atoms. The van der Waals surface area contributed by atoms with Crippen LogP contribution in [0.2, 0.25) is 0 Å². The van der Waals surface area contributed by atoms with Gasteiger partial charge in [0.25, 0.3) is 0 Å². The highest BCUT2D eigenvalue weighted by molar-refractivity contribution is 5.95. The number of hydrogen-bond acceptors (Lipinski definition) is 2. The van der Waals surface area contributed by atoms with Crippen molar-refractivity contribution in [3.8, 4) is 0 Å². The topological polar surface area (TPSA) is 74.6 Å². The summed E-state index contributed by atoms with van der Waals surface area (Å²) in [6.07, 6.45) is 7.34. The van der Waals surface area contributed by atoms with Crippen LogP contribution in [0, 0.1) is 5.92 Å². The maximum atomic E-state index is 10.6. The van der Waals surface area contributed by atoms with Gasteiger partial charge in [-0.05, 0) is 0 Å². The number of hydrogen-bond donors (Lipinski definition) is 2. The first-order valence-electron chi connectivity index (χ1n) is 3.64.